The van der Waals surface area contributed by atoms with Gasteiger partial charge in [-0.2, -0.15) is 18.3 Å². The van der Waals surface area contributed by atoms with Crippen molar-refractivity contribution in [1.29, 1.82) is 0 Å². The van der Waals surface area contributed by atoms with Crippen molar-refractivity contribution >= 4 is 50.0 Å². The van der Waals surface area contributed by atoms with Crippen LogP contribution in [-0.4, -0.2) is 20.7 Å². The lowest BCUT2D eigenvalue weighted by Crippen LogP contribution is -2.21. The summed E-state index contributed by atoms with van der Waals surface area (Å²) in [5.74, 6) is -0.546. The zero-order chi connectivity index (χ0) is 19.1. The maximum Gasteiger partial charge on any atom is 0.436 e. The van der Waals surface area contributed by atoms with Crippen LogP contribution in [0, 0.1) is 6.92 Å². The van der Waals surface area contributed by atoms with Gasteiger partial charge in [0.1, 0.15) is 6.54 Å². The maximum atomic E-state index is 12.9. The van der Waals surface area contributed by atoms with Crippen molar-refractivity contribution in [1.82, 2.24) is 14.8 Å². The van der Waals surface area contributed by atoms with Gasteiger partial charge < -0.3 is 5.32 Å². The van der Waals surface area contributed by atoms with Crippen molar-refractivity contribution in [3.05, 3.63) is 51.3 Å². The van der Waals surface area contributed by atoms with Gasteiger partial charge in [0, 0.05) is 16.1 Å². The van der Waals surface area contributed by atoms with Crippen LogP contribution in [0.1, 0.15) is 11.4 Å². The number of aromatic nitrogens is 3. The van der Waals surface area contributed by atoms with Gasteiger partial charge in [-0.3, -0.25) is 14.5 Å². The summed E-state index contributed by atoms with van der Waals surface area (Å²) in [6, 6.07) is 6.99. The lowest BCUT2D eigenvalue weighted by atomic mass is 10.2. The van der Waals surface area contributed by atoms with Gasteiger partial charge in [-0.1, -0.05) is 33.6 Å². The summed E-state index contributed by atoms with van der Waals surface area (Å²) in [4.78, 5) is 16.5. The first-order valence-corrected chi connectivity index (χ1v) is 8.48. The van der Waals surface area contributed by atoms with E-state index in [1.54, 1.807) is 24.4 Å². The molecule has 2 aromatic heterocycles. The topological polar surface area (TPSA) is 59.8 Å². The molecule has 5 nitrogen and oxygen atoms in total. The summed E-state index contributed by atoms with van der Waals surface area (Å²) < 4.78 is 40.3. The predicted molar refractivity (Wildman–Crippen MR) is 95.0 cm³/mol. The zero-order valence-electron chi connectivity index (χ0n) is 13.2. The summed E-state index contributed by atoms with van der Waals surface area (Å²) in [5.41, 5.74) is -0.143. The van der Waals surface area contributed by atoms with E-state index in [0.717, 1.165) is 14.5 Å². The molecule has 26 heavy (non-hydrogen) atoms. The fourth-order valence-corrected chi connectivity index (χ4v) is 3.12. The van der Waals surface area contributed by atoms with Crippen molar-refractivity contribution in [3.8, 4) is 0 Å². The monoisotopic (exact) mass is 446 g/mol. The molecule has 136 valence electrons. The van der Waals surface area contributed by atoms with E-state index in [1.807, 2.05) is 6.07 Å². The number of hydrogen-bond donors (Lipinski definition) is 1. The van der Waals surface area contributed by atoms with E-state index in [0.29, 0.717) is 11.2 Å². The van der Waals surface area contributed by atoms with Crippen LogP contribution >= 0.6 is 27.5 Å². The number of amides is 1. The molecule has 1 amide bonds. The first kappa shape index (κ1) is 18.7. The SMILES string of the molecule is Cc1c(Cl)c(C(F)(F)F)nn1CC(=O)Nc1ccc(Br)c2cccnc12. The van der Waals surface area contributed by atoms with Gasteiger partial charge in [-0.25, -0.2) is 0 Å². The molecule has 0 bridgehead atoms. The Bertz CT molecular complexity index is 1000. The van der Waals surface area contributed by atoms with E-state index >= 15 is 0 Å². The number of pyridine rings is 1. The number of nitrogens with one attached hydrogen (secondary N) is 1. The van der Waals surface area contributed by atoms with Gasteiger partial charge >= 0.3 is 6.18 Å². The summed E-state index contributed by atoms with van der Waals surface area (Å²) >= 11 is 9.09. The van der Waals surface area contributed by atoms with Gasteiger partial charge in [-0.05, 0) is 25.1 Å². The Morgan fingerprint density at radius 1 is 1.35 bits per heavy atom. The standard InChI is InChI=1S/C16H11BrClF3N4O/c1-8-13(18)15(16(19,20)21)24-25(8)7-12(26)23-11-5-4-10(17)9-3-2-6-22-14(9)11/h2-6H,7H2,1H3,(H,23,26). The molecule has 0 radical (unpaired) electrons. The van der Waals surface area contributed by atoms with Gasteiger partial charge in [0.15, 0.2) is 5.69 Å². The van der Waals surface area contributed by atoms with Gasteiger partial charge in [0.05, 0.1) is 21.9 Å². The van der Waals surface area contributed by atoms with Crippen molar-refractivity contribution in [2.75, 3.05) is 5.32 Å². The molecule has 0 aliphatic rings. The van der Waals surface area contributed by atoms with Crippen molar-refractivity contribution in [2.24, 2.45) is 0 Å². The second kappa shape index (κ2) is 6.88. The first-order chi connectivity index (χ1) is 12.2. The number of benzene rings is 1. The van der Waals surface area contributed by atoms with E-state index < -0.39 is 29.3 Å². The summed E-state index contributed by atoms with van der Waals surface area (Å²) in [6.07, 6.45) is -3.10. The number of rotatable bonds is 3. The fraction of sp³-hybridized carbons (Fsp3) is 0.188. The average Bonchev–Trinajstić information content (AvgIpc) is 2.86. The molecule has 1 N–H and O–H groups in total. The van der Waals surface area contributed by atoms with Gasteiger partial charge in [-0.15, -0.1) is 0 Å². The van der Waals surface area contributed by atoms with Crippen LogP contribution in [0.15, 0.2) is 34.9 Å². The van der Waals surface area contributed by atoms with Crippen LogP contribution in [0.4, 0.5) is 18.9 Å². The molecule has 0 aliphatic heterocycles. The minimum Gasteiger partial charge on any atom is -0.323 e. The number of nitrogens with zero attached hydrogens (tertiary/aromatic N) is 3. The highest BCUT2D eigenvalue weighted by Crippen LogP contribution is 2.35. The normalized spacial score (nSPS) is 11.8. The van der Waals surface area contributed by atoms with Crippen LogP contribution in [0.25, 0.3) is 10.9 Å². The average molecular weight is 448 g/mol. The number of hydrogen-bond acceptors (Lipinski definition) is 3. The van der Waals surface area contributed by atoms with Crippen molar-refractivity contribution in [3.63, 3.8) is 0 Å². The van der Waals surface area contributed by atoms with Crippen LogP contribution < -0.4 is 5.32 Å². The Morgan fingerprint density at radius 2 is 2.08 bits per heavy atom. The molecule has 0 atom stereocenters. The molecule has 10 heteroatoms. The molecule has 2 heterocycles. The smallest absolute Gasteiger partial charge is 0.323 e. The third-order valence-electron chi connectivity index (χ3n) is 3.69. The minimum atomic E-state index is -4.69. The molecule has 0 saturated carbocycles. The van der Waals surface area contributed by atoms with Crippen LogP contribution in [0.2, 0.25) is 5.02 Å². The predicted octanol–water partition coefficient (Wildman–Crippen LogP) is 4.81. The Balaban J connectivity index is 1.86. The Labute approximate surface area is 159 Å². The Kier molecular flexibility index (Phi) is 4.94. The van der Waals surface area contributed by atoms with E-state index in [-0.39, 0.29) is 5.69 Å². The number of anilines is 1. The molecule has 0 spiro atoms. The van der Waals surface area contributed by atoms with Crippen LogP contribution in [-0.2, 0) is 17.5 Å². The Hall–Kier alpha value is -2.13. The third kappa shape index (κ3) is 3.54. The minimum absolute atomic E-state index is 0.0629. The molecule has 1 aromatic carbocycles. The second-order valence-corrected chi connectivity index (χ2v) is 6.68. The first-order valence-electron chi connectivity index (χ1n) is 7.31. The number of fused-ring (bicyclic) bond motifs is 1. The number of carbonyl (C=O) groups is 1. The fourth-order valence-electron chi connectivity index (χ4n) is 2.42. The lowest BCUT2D eigenvalue weighted by Gasteiger charge is -2.10. The largest absolute Gasteiger partial charge is 0.436 e. The summed E-state index contributed by atoms with van der Waals surface area (Å²) in [7, 11) is 0. The van der Waals surface area contributed by atoms with Gasteiger partial charge in [0.25, 0.3) is 0 Å². The van der Waals surface area contributed by atoms with Crippen molar-refractivity contribution in [2.45, 2.75) is 19.6 Å². The molecule has 3 rings (SSSR count). The molecule has 0 unspecified atom stereocenters. The third-order valence-corrected chi connectivity index (χ3v) is 4.83. The van der Waals surface area contributed by atoms with E-state index in [1.165, 1.54) is 6.92 Å². The highest BCUT2D eigenvalue weighted by Gasteiger charge is 2.38. The van der Waals surface area contributed by atoms with E-state index in [4.69, 9.17) is 11.6 Å². The van der Waals surface area contributed by atoms with Crippen molar-refractivity contribution < 1.29 is 18.0 Å². The quantitative estimate of drug-likeness (QED) is 0.627. The number of carbonyl (C=O) groups excluding carboxylic acids is 1. The van der Waals surface area contributed by atoms with E-state index in [2.05, 4.69) is 31.3 Å². The highest BCUT2D eigenvalue weighted by atomic mass is 79.9. The maximum absolute atomic E-state index is 12.9. The molecule has 0 aliphatic carbocycles. The molecular formula is C16H11BrClF3N4O. The summed E-state index contributed by atoms with van der Waals surface area (Å²) in [5, 5.41) is 6.34. The van der Waals surface area contributed by atoms with Crippen LogP contribution in [0.5, 0.6) is 0 Å². The second-order valence-electron chi connectivity index (χ2n) is 5.45. The zero-order valence-corrected chi connectivity index (χ0v) is 15.6. The highest BCUT2D eigenvalue weighted by molar-refractivity contribution is 9.10. The van der Waals surface area contributed by atoms with Gasteiger partial charge in [0.2, 0.25) is 5.91 Å². The molecule has 0 fully saturated rings. The molecule has 0 saturated heterocycles. The number of halogens is 5. The lowest BCUT2D eigenvalue weighted by molar-refractivity contribution is -0.141. The number of alkyl halides is 3. The summed E-state index contributed by atoms with van der Waals surface area (Å²) in [6.45, 7) is 0.959. The van der Waals surface area contributed by atoms with E-state index in [9.17, 15) is 18.0 Å². The molecular weight excluding hydrogens is 437 g/mol. The Morgan fingerprint density at radius 3 is 2.73 bits per heavy atom. The molecule has 3 aromatic rings. The van der Waals surface area contributed by atoms with Crippen LogP contribution in [0.3, 0.4) is 0 Å².